The lowest BCUT2D eigenvalue weighted by Gasteiger charge is -2.41. The Morgan fingerprint density at radius 3 is 2.02 bits per heavy atom. The molecule has 0 aromatic heterocycles. The van der Waals surface area contributed by atoms with Crippen LogP contribution in [-0.4, -0.2) is 219 Å². The van der Waals surface area contributed by atoms with Crippen LogP contribution < -0.4 is 47.7 Å². The highest BCUT2D eigenvalue weighted by Crippen LogP contribution is 2.31. The predicted molar refractivity (Wildman–Crippen MR) is 364 cm³/mol. The van der Waals surface area contributed by atoms with Crippen molar-refractivity contribution in [1.82, 2.24) is 51.5 Å². The minimum atomic E-state index is -1.12. The number of nitrogens with two attached hydrogens (primary N) is 1. The molecule has 28 heteroatoms. The van der Waals surface area contributed by atoms with Gasteiger partial charge in [-0.2, -0.15) is 0 Å². The fraction of sp³-hybridized carbons (Fsp3) is 0.638. The number of anilines is 1. The number of urea groups is 1. The third-order valence-corrected chi connectivity index (χ3v) is 17.9. The molecule has 2 aliphatic heterocycles. The van der Waals surface area contributed by atoms with Gasteiger partial charge >= 0.3 is 12.1 Å². The van der Waals surface area contributed by atoms with Gasteiger partial charge in [0.2, 0.25) is 47.3 Å². The van der Waals surface area contributed by atoms with E-state index in [-0.39, 0.29) is 111 Å². The first kappa shape index (κ1) is 81.2. The van der Waals surface area contributed by atoms with Crippen molar-refractivity contribution in [3.63, 3.8) is 0 Å². The van der Waals surface area contributed by atoms with E-state index in [9.17, 15) is 53.1 Å². The maximum Gasteiger partial charge on any atom is 0.407 e. The Bertz CT molecular complexity index is 2990. The van der Waals surface area contributed by atoms with Gasteiger partial charge in [-0.15, -0.1) is 0 Å². The second-order valence-electron chi connectivity index (χ2n) is 26.4. The molecule has 0 radical (unpaired) electrons. The molecule has 2 aliphatic rings. The van der Waals surface area contributed by atoms with Crippen molar-refractivity contribution in [2.24, 2.45) is 35.3 Å². The lowest BCUT2D eigenvalue weighted by Crippen LogP contribution is -2.59. The fourth-order valence-electron chi connectivity index (χ4n) is 12.3. The highest BCUT2D eigenvalue weighted by atomic mass is 16.5. The van der Waals surface area contributed by atoms with Gasteiger partial charge in [0, 0.05) is 64.6 Å². The van der Waals surface area contributed by atoms with E-state index in [0.717, 1.165) is 0 Å². The zero-order chi connectivity index (χ0) is 72.4. The number of alkyl carbamates (subject to hydrolysis) is 1. The van der Waals surface area contributed by atoms with Crippen LogP contribution in [0.25, 0.3) is 0 Å². The summed E-state index contributed by atoms with van der Waals surface area (Å²) in [6.45, 7) is 16.4. The van der Waals surface area contributed by atoms with Gasteiger partial charge in [0.25, 0.3) is 0 Å². The Morgan fingerprint density at radius 2 is 1.44 bits per heavy atom. The molecule has 0 saturated carbocycles. The molecule has 1 fully saturated rings. The van der Waals surface area contributed by atoms with Gasteiger partial charge in [-0.05, 0) is 106 Å². The van der Waals surface area contributed by atoms with Crippen LogP contribution >= 0.6 is 0 Å². The number of carbonyl (C=O) groups excluding carboxylic acids is 11. The van der Waals surface area contributed by atoms with Crippen molar-refractivity contribution < 1.29 is 76.8 Å². The van der Waals surface area contributed by atoms with Gasteiger partial charge in [-0.3, -0.25) is 48.1 Å². The molecule has 12 atom stereocenters. The van der Waals surface area contributed by atoms with E-state index in [0.29, 0.717) is 54.8 Å². The van der Waals surface area contributed by atoms with E-state index < -0.39 is 102 Å². The van der Waals surface area contributed by atoms with E-state index in [1.807, 2.05) is 60.5 Å². The number of methoxy groups -OCH3 is 3. The molecule has 540 valence electrons. The Kier molecular flexibility index (Phi) is 33.4. The number of Topliss-reactive ketones (excluding diaryl/α,β-unsaturated/α-hetero) is 1. The lowest BCUT2D eigenvalue weighted by atomic mass is 9.89. The number of ketones is 1. The number of ether oxygens (including phenoxy) is 4. The van der Waals surface area contributed by atoms with Crippen molar-refractivity contribution in [2.75, 3.05) is 74.0 Å². The monoisotopic (exact) mass is 1360 g/mol. The standard InChI is InChI=1S/C69H108N12O16/c1-16-43(8)61(79(12)67(91)59(41(4)5)77-66(90)60(42(6)7)78(10)11)53(95-14)36-57(86)81-38-48(35-51(81)62(96-15)44(9)63(87)72-37-52(82)46-22-20-23-49(34-46)94-13)74-69(93)97-39-45-26-28-47(29-27-45)73-64(88)50(24-21-32-71-68(70)92)75-65(89)58(40(2)3)76-54(83)25-18-17-19-33-80-55(84)30-31-56(80)85/h20,22-23,26-31,34,40-44,48,50-51,53,55,58-62,84H,16-19,21,24-25,32-33,35-39H2,1-15H3,(H,72,87)(H,73,88)(H,74,93)(H,75,89)(H,76,83)(H,77,90)(H3,70,71,92)/t43-,44+,48-,50?,51-,53+,55?,58-,59-,60-,61?,62+/m0/s1. The number of aliphatic hydroxyl groups is 1. The topological polar surface area (TPSA) is 368 Å². The quantitative estimate of drug-likeness (QED) is 0.0338. The van der Waals surface area contributed by atoms with Gasteiger partial charge in [-0.25, -0.2) is 9.59 Å². The molecule has 11 amide bonds. The predicted octanol–water partition coefficient (Wildman–Crippen LogP) is 3.84. The first-order valence-corrected chi connectivity index (χ1v) is 33.5. The van der Waals surface area contributed by atoms with Crippen molar-refractivity contribution in [3.05, 3.63) is 71.8 Å². The molecular formula is C69H108N12O16. The van der Waals surface area contributed by atoms with Crippen molar-refractivity contribution in [3.8, 4) is 5.75 Å². The third-order valence-electron chi connectivity index (χ3n) is 17.9. The van der Waals surface area contributed by atoms with Gasteiger partial charge in [0.05, 0.1) is 62.4 Å². The van der Waals surface area contributed by atoms with Gasteiger partial charge in [-0.1, -0.05) is 99.4 Å². The van der Waals surface area contributed by atoms with Crippen LogP contribution in [0, 0.1) is 29.6 Å². The highest BCUT2D eigenvalue weighted by molar-refractivity contribution is 6.00. The van der Waals surface area contributed by atoms with Crippen LogP contribution in [0.4, 0.5) is 15.3 Å². The Hall–Kier alpha value is -8.21. The van der Waals surface area contributed by atoms with E-state index in [1.54, 1.807) is 81.2 Å². The van der Waals surface area contributed by atoms with E-state index in [2.05, 4.69) is 37.2 Å². The number of amides is 11. The second kappa shape index (κ2) is 39.9. The van der Waals surface area contributed by atoms with E-state index >= 15 is 4.79 Å². The fourth-order valence-corrected chi connectivity index (χ4v) is 12.3. The summed E-state index contributed by atoms with van der Waals surface area (Å²) in [6.07, 6.45) is 1.56. The van der Waals surface area contributed by atoms with Crippen LogP contribution in [0.15, 0.2) is 60.7 Å². The molecule has 4 rings (SSSR count). The third kappa shape index (κ3) is 24.7. The van der Waals surface area contributed by atoms with Crippen molar-refractivity contribution >= 4 is 70.9 Å². The number of primary amides is 1. The normalized spacial score (nSPS) is 18.1. The molecule has 97 heavy (non-hydrogen) atoms. The van der Waals surface area contributed by atoms with Crippen molar-refractivity contribution in [2.45, 2.75) is 187 Å². The Morgan fingerprint density at radius 1 is 0.763 bits per heavy atom. The molecule has 0 spiro atoms. The number of hydrogen-bond acceptors (Lipinski definition) is 17. The molecule has 10 N–H and O–H groups in total. The summed E-state index contributed by atoms with van der Waals surface area (Å²) in [5.41, 5.74) is 6.44. The molecule has 2 heterocycles. The maximum absolute atomic E-state index is 15.1. The number of unbranched alkanes of at least 4 members (excludes halogenated alkanes) is 2. The van der Waals surface area contributed by atoms with Crippen molar-refractivity contribution in [1.29, 1.82) is 0 Å². The molecule has 0 bridgehead atoms. The van der Waals surface area contributed by atoms with Gasteiger partial charge in [0.15, 0.2) is 5.78 Å². The molecular weight excluding hydrogens is 1250 g/mol. The average Bonchev–Trinajstić information content (AvgIpc) is 1.69. The minimum absolute atomic E-state index is 0.0499. The largest absolute Gasteiger partial charge is 0.497 e. The molecule has 0 aliphatic carbocycles. The number of likely N-dealkylation sites (tertiary alicyclic amines) is 1. The average molecular weight is 1360 g/mol. The van der Waals surface area contributed by atoms with Crippen LogP contribution in [-0.2, 0) is 59.2 Å². The lowest BCUT2D eigenvalue weighted by molar-refractivity contribution is -0.148. The number of likely N-dealkylation sites (N-methyl/N-ethyl adjacent to an activating group) is 2. The SMILES string of the molecule is CC[C@H](C)C([C@@H](CC(=O)N1C[C@@H](NC(=O)OCc2ccc(NC(=O)C(CCCNC(N)=O)NC(=O)[C@@H](NC(=O)CCCCCN3C(=O)C=CC3O)C(C)C)cc2)C[C@H]1[C@H](OC)[C@@H](C)C(=O)NCC(=O)c1cccc(OC)c1)OC)N(C)C(=O)[C@@H](NC(=O)[C@H](C(C)C)N(C)C)C(C)C. The maximum atomic E-state index is 15.1. The van der Waals surface area contributed by atoms with Gasteiger partial charge in [0.1, 0.15) is 36.7 Å². The number of hydrogen-bond donors (Lipinski definition) is 9. The molecule has 3 unspecified atom stereocenters. The molecule has 2 aromatic carbocycles. The summed E-state index contributed by atoms with van der Waals surface area (Å²) in [7, 11) is 9.61. The summed E-state index contributed by atoms with van der Waals surface area (Å²) in [5.74, 6) is -5.25. The summed E-state index contributed by atoms with van der Waals surface area (Å²) >= 11 is 0. The van der Waals surface area contributed by atoms with Gasteiger partial charge < -0.3 is 81.7 Å². The number of nitrogens with one attached hydrogen (secondary N) is 7. The number of carbonyl (C=O) groups is 11. The minimum Gasteiger partial charge on any atom is -0.497 e. The first-order valence-electron chi connectivity index (χ1n) is 33.5. The summed E-state index contributed by atoms with van der Waals surface area (Å²) in [6, 6.07) is 6.38. The Balaban J connectivity index is 1.50. The summed E-state index contributed by atoms with van der Waals surface area (Å²) in [4.78, 5) is 155. The van der Waals surface area contributed by atoms with Crippen LogP contribution in [0.2, 0.25) is 0 Å². The molecule has 2 aromatic rings. The summed E-state index contributed by atoms with van der Waals surface area (Å²) in [5, 5.41) is 29.4. The van der Waals surface area contributed by atoms with Crippen LogP contribution in [0.3, 0.4) is 0 Å². The van der Waals surface area contributed by atoms with Crippen LogP contribution in [0.1, 0.15) is 136 Å². The van der Waals surface area contributed by atoms with E-state index in [4.69, 9.17) is 24.7 Å². The summed E-state index contributed by atoms with van der Waals surface area (Å²) < 4.78 is 23.2. The number of aliphatic hydroxyl groups excluding tert-OH is 1. The zero-order valence-corrected chi connectivity index (χ0v) is 59.3. The number of benzene rings is 2. The van der Waals surface area contributed by atoms with Crippen LogP contribution in [0.5, 0.6) is 5.75 Å². The first-order chi connectivity index (χ1) is 45.9. The highest BCUT2D eigenvalue weighted by Gasteiger charge is 2.46. The zero-order valence-electron chi connectivity index (χ0n) is 59.3. The van der Waals surface area contributed by atoms with E-state index in [1.165, 1.54) is 43.3 Å². The number of rotatable bonds is 40. The number of nitrogens with zero attached hydrogens (tertiary/aromatic N) is 4. The smallest absolute Gasteiger partial charge is 0.407 e. The second-order valence-corrected chi connectivity index (χ2v) is 26.4. The Labute approximate surface area is 571 Å². The molecule has 28 nitrogen and oxygen atoms in total. The molecule has 1 saturated heterocycles.